The zero-order chi connectivity index (χ0) is 31.3. The van der Waals surface area contributed by atoms with Gasteiger partial charge in [0.25, 0.3) is 0 Å². The molecule has 234 valence electrons. The molecule has 2 saturated heterocycles. The van der Waals surface area contributed by atoms with E-state index in [1.54, 1.807) is 6.92 Å². The maximum Gasteiger partial charge on any atom is 0.319 e. The highest BCUT2D eigenvalue weighted by Crippen LogP contribution is 2.47. The van der Waals surface area contributed by atoms with E-state index in [2.05, 4.69) is 32.7 Å². The second kappa shape index (κ2) is 11.7. The lowest BCUT2D eigenvalue weighted by atomic mass is 9.76. The number of hydrogen-bond acceptors (Lipinski definition) is 8. The highest BCUT2D eigenvalue weighted by Gasteiger charge is 2.47. The fourth-order valence-electron chi connectivity index (χ4n) is 7.87. The SMILES string of the molecule is C#Cc1c(F)ccc2cc(O)cc(-c3nc(C)c4c(N5CCCOCC5)nc(OCC56CCCC5N(C)CCC6)nc4c3F)c12. The number of hydrogen-bond donors (Lipinski definition) is 1. The molecule has 2 aliphatic heterocycles. The highest BCUT2D eigenvalue weighted by atomic mass is 19.1. The summed E-state index contributed by atoms with van der Waals surface area (Å²) in [6.45, 7) is 5.71. The molecule has 45 heavy (non-hydrogen) atoms. The summed E-state index contributed by atoms with van der Waals surface area (Å²) in [5.41, 5.74) is 0.632. The summed E-state index contributed by atoms with van der Waals surface area (Å²) in [6.07, 6.45) is 12.0. The summed E-state index contributed by atoms with van der Waals surface area (Å²) in [5.74, 6) is 1.50. The summed E-state index contributed by atoms with van der Waals surface area (Å²) in [6, 6.07) is 6.13. The number of piperidine rings is 1. The van der Waals surface area contributed by atoms with Crippen LogP contribution in [0.2, 0.25) is 0 Å². The number of phenolic OH excluding ortho intramolecular Hbond substituents is 1. The number of terminal acetylenes is 1. The van der Waals surface area contributed by atoms with Crippen molar-refractivity contribution >= 4 is 27.5 Å². The average Bonchev–Trinajstić information content (AvgIpc) is 3.29. The van der Waals surface area contributed by atoms with Crippen molar-refractivity contribution in [3.05, 3.63) is 47.2 Å². The molecule has 1 N–H and O–H groups in total. The zero-order valence-corrected chi connectivity index (χ0v) is 25.7. The molecule has 2 atom stereocenters. The van der Waals surface area contributed by atoms with Crippen LogP contribution < -0.4 is 9.64 Å². The molecule has 10 heteroatoms. The number of nitrogens with zero attached hydrogens (tertiary/aromatic N) is 5. The first-order valence-corrected chi connectivity index (χ1v) is 15.8. The molecule has 3 fully saturated rings. The minimum Gasteiger partial charge on any atom is -0.508 e. The van der Waals surface area contributed by atoms with Crippen molar-refractivity contribution in [1.82, 2.24) is 19.9 Å². The number of phenols is 1. The van der Waals surface area contributed by atoms with Gasteiger partial charge in [-0.3, -0.25) is 0 Å². The lowest BCUT2D eigenvalue weighted by molar-refractivity contribution is 0.0133. The van der Waals surface area contributed by atoms with Gasteiger partial charge in [0.05, 0.1) is 29.9 Å². The molecule has 8 nitrogen and oxygen atoms in total. The van der Waals surface area contributed by atoms with Gasteiger partial charge in [0.2, 0.25) is 0 Å². The number of rotatable bonds is 5. The molecule has 2 aromatic carbocycles. The molecule has 0 radical (unpaired) electrons. The molecule has 0 bridgehead atoms. The Bertz CT molecular complexity index is 1830. The number of aryl methyl sites for hydroxylation is 1. The van der Waals surface area contributed by atoms with Crippen LogP contribution in [0.25, 0.3) is 32.9 Å². The van der Waals surface area contributed by atoms with E-state index in [9.17, 15) is 9.50 Å². The van der Waals surface area contributed by atoms with Crippen LogP contribution in [0.15, 0.2) is 24.3 Å². The summed E-state index contributed by atoms with van der Waals surface area (Å²) < 4.78 is 43.9. The Balaban J connectivity index is 1.40. The van der Waals surface area contributed by atoms with Gasteiger partial charge in [-0.15, -0.1) is 6.42 Å². The third kappa shape index (κ3) is 5.12. The minimum absolute atomic E-state index is 0.00989. The average molecular weight is 614 g/mol. The molecule has 1 aliphatic carbocycles. The number of fused-ring (bicyclic) bond motifs is 3. The first-order valence-electron chi connectivity index (χ1n) is 15.8. The van der Waals surface area contributed by atoms with Crippen molar-refractivity contribution in [3.63, 3.8) is 0 Å². The topological polar surface area (TPSA) is 83.8 Å². The summed E-state index contributed by atoms with van der Waals surface area (Å²) in [7, 11) is 2.19. The third-order valence-electron chi connectivity index (χ3n) is 9.96. The van der Waals surface area contributed by atoms with Gasteiger partial charge in [-0.2, -0.15) is 9.97 Å². The number of aromatic nitrogens is 3. The Morgan fingerprint density at radius 2 is 1.91 bits per heavy atom. The maximum absolute atomic E-state index is 16.9. The molecular formula is C35H37F2N5O3. The first-order chi connectivity index (χ1) is 21.8. The van der Waals surface area contributed by atoms with Gasteiger partial charge in [-0.1, -0.05) is 18.4 Å². The van der Waals surface area contributed by atoms with Gasteiger partial charge in [-0.05, 0) is 76.2 Å². The molecule has 2 unspecified atom stereocenters. The largest absolute Gasteiger partial charge is 0.508 e. The van der Waals surface area contributed by atoms with Gasteiger partial charge in [0.1, 0.15) is 28.6 Å². The fraction of sp³-hybridized carbons (Fsp3) is 0.457. The van der Waals surface area contributed by atoms with E-state index < -0.39 is 11.6 Å². The fourth-order valence-corrected chi connectivity index (χ4v) is 7.87. The predicted molar refractivity (Wildman–Crippen MR) is 170 cm³/mol. The molecule has 4 aromatic rings. The number of benzene rings is 2. The molecule has 0 amide bonds. The Hall–Kier alpha value is -4.07. The monoisotopic (exact) mass is 613 g/mol. The Kier molecular flexibility index (Phi) is 7.70. The van der Waals surface area contributed by atoms with E-state index in [0.717, 1.165) is 45.1 Å². The quantitative estimate of drug-likeness (QED) is 0.275. The van der Waals surface area contributed by atoms with Crippen LogP contribution in [0.5, 0.6) is 11.8 Å². The van der Waals surface area contributed by atoms with Gasteiger partial charge in [0, 0.05) is 42.1 Å². The number of ether oxygens (including phenoxy) is 2. The van der Waals surface area contributed by atoms with Crippen LogP contribution in [0.4, 0.5) is 14.6 Å². The summed E-state index contributed by atoms with van der Waals surface area (Å²) in [4.78, 5) is 18.8. The van der Waals surface area contributed by atoms with E-state index in [4.69, 9.17) is 20.9 Å². The minimum atomic E-state index is -0.719. The normalized spacial score (nSPS) is 22.4. The Labute approximate surface area is 261 Å². The van der Waals surface area contributed by atoms with Crippen molar-refractivity contribution in [3.8, 4) is 35.4 Å². The molecule has 3 aliphatic rings. The van der Waals surface area contributed by atoms with Crippen LogP contribution in [0.3, 0.4) is 0 Å². The highest BCUT2D eigenvalue weighted by molar-refractivity contribution is 6.03. The van der Waals surface area contributed by atoms with Crippen molar-refractivity contribution in [2.24, 2.45) is 5.41 Å². The van der Waals surface area contributed by atoms with E-state index in [1.165, 1.54) is 24.3 Å². The lowest BCUT2D eigenvalue weighted by Crippen LogP contribution is -2.50. The molecule has 7 rings (SSSR count). The Morgan fingerprint density at radius 3 is 2.76 bits per heavy atom. The number of pyridine rings is 1. The summed E-state index contributed by atoms with van der Waals surface area (Å²) in [5, 5.41) is 11.8. The molecule has 1 saturated carbocycles. The van der Waals surface area contributed by atoms with Crippen molar-refractivity contribution in [2.45, 2.75) is 51.5 Å². The van der Waals surface area contributed by atoms with Gasteiger partial charge >= 0.3 is 6.01 Å². The maximum atomic E-state index is 16.9. The second-order valence-electron chi connectivity index (χ2n) is 12.7. The summed E-state index contributed by atoms with van der Waals surface area (Å²) >= 11 is 0. The molecule has 0 spiro atoms. The van der Waals surface area contributed by atoms with Crippen molar-refractivity contribution in [1.29, 1.82) is 0 Å². The van der Waals surface area contributed by atoms with E-state index in [0.29, 0.717) is 66.6 Å². The van der Waals surface area contributed by atoms with Crippen LogP contribution >= 0.6 is 0 Å². The van der Waals surface area contributed by atoms with Crippen molar-refractivity contribution in [2.75, 3.05) is 51.4 Å². The number of anilines is 1. The van der Waals surface area contributed by atoms with Crippen LogP contribution in [-0.2, 0) is 4.74 Å². The molecule has 2 aromatic heterocycles. The predicted octanol–water partition coefficient (Wildman–Crippen LogP) is 5.99. The number of likely N-dealkylation sites (tertiary alicyclic amines) is 1. The van der Waals surface area contributed by atoms with Crippen molar-refractivity contribution < 1.29 is 23.4 Å². The van der Waals surface area contributed by atoms with Crippen LogP contribution in [0.1, 0.15) is 49.8 Å². The Morgan fingerprint density at radius 1 is 1.07 bits per heavy atom. The molecular weight excluding hydrogens is 576 g/mol. The lowest BCUT2D eigenvalue weighted by Gasteiger charge is -2.44. The van der Waals surface area contributed by atoms with Gasteiger partial charge < -0.3 is 24.4 Å². The third-order valence-corrected chi connectivity index (χ3v) is 9.96. The van der Waals surface area contributed by atoms with Gasteiger partial charge in [-0.25, -0.2) is 13.8 Å². The molecule has 4 heterocycles. The van der Waals surface area contributed by atoms with E-state index in [1.807, 2.05) is 0 Å². The van der Waals surface area contributed by atoms with Gasteiger partial charge in [0.15, 0.2) is 5.82 Å². The van der Waals surface area contributed by atoms with Crippen LogP contribution in [-0.4, -0.2) is 77.5 Å². The number of aromatic hydroxyl groups is 1. The standard InChI is InChI=1S/C35H37F2N5O3/c1-4-24-26(36)10-9-22-18-23(43)19-25(29(22)24)31-30(37)32-28(21(2)38-31)33(42-14-7-16-44-17-15-42)40-34(39-32)45-20-35-11-5-8-27(35)41(3)13-6-12-35/h1,9-10,18-19,27,43H,5-8,11-17,20H2,2-3H3. The first kappa shape index (κ1) is 29.6. The smallest absolute Gasteiger partial charge is 0.319 e. The van der Waals surface area contributed by atoms with Crippen LogP contribution in [0, 0.1) is 36.3 Å². The van der Waals surface area contributed by atoms with E-state index >= 15 is 4.39 Å². The number of halogens is 2. The zero-order valence-electron chi connectivity index (χ0n) is 25.7. The van der Waals surface area contributed by atoms with E-state index in [-0.39, 0.29) is 39.5 Å². The second-order valence-corrected chi connectivity index (χ2v) is 12.7.